The van der Waals surface area contributed by atoms with E-state index in [9.17, 15) is 19.8 Å². The van der Waals surface area contributed by atoms with Gasteiger partial charge in [-0.2, -0.15) is 0 Å². The van der Waals surface area contributed by atoms with E-state index in [1.54, 1.807) is 6.08 Å². The molecule has 52 heavy (non-hydrogen) atoms. The normalized spacial score (nSPS) is 13.5. The second kappa shape index (κ2) is 41.1. The Morgan fingerprint density at radius 1 is 0.500 bits per heavy atom. The van der Waals surface area contributed by atoms with Gasteiger partial charge in [0.2, 0.25) is 0 Å². The van der Waals surface area contributed by atoms with Crippen LogP contribution in [0, 0.1) is 0 Å². The van der Waals surface area contributed by atoms with E-state index in [1.165, 1.54) is 96.3 Å². The van der Waals surface area contributed by atoms with Crippen molar-refractivity contribution in [2.75, 3.05) is 13.2 Å². The third-order valence-corrected chi connectivity index (χ3v) is 8.80. The molecule has 298 valence electrons. The summed E-state index contributed by atoms with van der Waals surface area (Å²) in [6.45, 7) is 4.04. The molecule has 6 nitrogen and oxygen atoms in total. The molecule has 0 heterocycles. The fourth-order valence-electron chi connectivity index (χ4n) is 5.61. The number of allylic oxidation sites excluding steroid dienone is 10. The Labute approximate surface area is 319 Å². The van der Waals surface area contributed by atoms with Gasteiger partial charge in [0, 0.05) is 12.8 Å². The predicted molar refractivity (Wildman–Crippen MR) is 220 cm³/mol. The molecule has 0 bridgehead atoms. The number of carbonyl (C=O) groups is 2. The van der Waals surface area contributed by atoms with Gasteiger partial charge in [-0.1, -0.05) is 196 Å². The van der Waals surface area contributed by atoms with Crippen LogP contribution in [-0.4, -0.2) is 47.6 Å². The first kappa shape index (κ1) is 49.3. The highest BCUT2D eigenvalue weighted by molar-refractivity contribution is 5.70. The van der Waals surface area contributed by atoms with Crippen LogP contribution in [0.25, 0.3) is 0 Å². The molecule has 0 aliphatic carbocycles. The molecule has 0 aromatic rings. The van der Waals surface area contributed by atoms with Crippen LogP contribution in [0.2, 0.25) is 0 Å². The molecule has 0 radical (unpaired) electrons. The van der Waals surface area contributed by atoms with Gasteiger partial charge in [-0.3, -0.25) is 9.59 Å². The minimum atomic E-state index is -1.03. The van der Waals surface area contributed by atoms with Gasteiger partial charge in [0.05, 0.1) is 6.10 Å². The lowest BCUT2D eigenvalue weighted by Crippen LogP contribution is -2.25. The number of aliphatic hydroxyl groups excluding tert-OH is 2. The smallest absolute Gasteiger partial charge is 0.306 e. The zero-order chi connectivity index (χ0) is 38.0. The topological polar surface area (TPSA) is 93.1 Å². The summed E-state index contributed by atoms with van der Waals surface area (Å²) in [5.74, 6) is -0.740. The molecule has 0 saturated carbocycles. The average molecular weight is 727 g/mol. The number of unbranched alkanes of at least 4 members (excludes halogenated alkanes) is 17. The first-order valence-electron chi connectivity index (χ1n) is 21.1. The number of hydrogen-bond acceptors (Lipinski definition) is 6. The number of rotatable bonds is 37. The van der Waals surface area contributed by atoms with Crippen LogP contribution in [-0.2, 0) is 19.1 Å². The Morgan fingerprint density at radius 3 is 1.44 bits per heavy atom. The molecule has 2 atom stereocenters. The van der Waals surface area contributed by atoms with E-state index >= 15 is 0 Å². The summed E-state index contributed by atoms with van der Waals surface area (Å²) in [6.07, 6.45) is 51.4. The van der Waals surface area contributed by atoms with E-state index in [1.807, 2.05) is 30.4 Å². The first-order chi connectivity index (χ1) is 25.5. The molecule has 0 aromatic carbocycles. The van der Waals surface area contributed by atoms with E-state index in [0.29, 0.717) is 19.3 Å². The zero-order valence-electron chi connectivity index (χ0n) is 33.4. The maximum absolute atomic E-state index is 12.0. The predicted octanol–water partition coefficient (Wildman–Crippen LogP) is 12.3. The fourth-order valence-corrected chi connectivity index (χ4v) is 5.61. The van der Waals surface area contributed by atoms with Gasteiger partial charge in [0.1, 0.15) is 19.3 Å². The fraction of sp³-hybridized carbons (Fsp3) is 0.696. The van der Waals surface area contributed by atoms with Gasteiger partial charge in [-0.05, 0) is 44.9 Å². The number of carbonyl (C=O) groups excluding carboxylic acids is 2. The minimum absolute atomic E-state index is 0.169. The lowest BCUT2D eigenvalue weighted by molar-refractivity contribution is -0.152. The van der Waals surface area contributed by atoms with Crippen molar-refractivity contribution in [3.63, 3.8) is 0 Å². The summed E-state index contributed by atoms with van der Waals surface area (Å²) in [4.78, 5) is 24.0. The average Bonchev–Trinajstić information content (AvgIpc) is 3.14. The van der Waals surface area contributed by atoms with Gasteiger partial charge in [0.15, 0.2) is 0 Å². The van der Waals surface area contributed by atoms with Crippen molar-refractivity contribution >= 4 is 11.9 Å². The van der Waals surface area contributed by atoms with Crippen molar-refractivity contribution in [3.8, 4) is 0 Å². The van der Waals surface area contributed by atoms with Crippen LogP contribution in [0.15, 0.2) is 72.9 Å². The molecular weight excluding hydrogens is 648 g/mol. The first-order valence-corrected chi connectivity index (χ1v) is 21.1. The van der Waals surface area contributed by atoms with Crippen LogP contribution >= 0.6 is 0 Å². The van der Waals surface area contributed by atoms with Crippen LogP contribution in [0.1, 0.15) is 181 Å². The summed E-state index contributed by atoms with van der Waals surface area (Å²) in [6, 6.07) is 0. The highest BCUT2D eigenvalue weighted by atomic mass is 16.6. The number of esters is 2. The molecule has 6 heteroatoms. The van der Waals surface area contributed by atoms with Crippen LogP contribution in [0.3, 0.4) is 0 Å². The van der Waals surface area contributed by atoms with Gasteiger partial charge in [0.25, 0.3) is 0 Å². The molecule has 0 amide bonds. The van der Waals surface area contributed by atoms with Crippen molar-refractivity contribution < 1.29 is 29.3 Å². The molecule has 1 unspecified atom stereocenters. The standard InChI is InChI=1S/C46H78O6/c1-3-5-7-9-11-13-15-17-18-19-20-21-23-25-27-29-31-35-39-45(49)51-41-44(48)42-52-46(50)40-36-32-34-38-43(47)37-33-30-28-26-24-22-16-14-12-10-8-6-4-2/h6,8,12,14,22,24,28,30,32-34,37,43-44,47-48H,3-5,7,9-11,13,15-21,23,25-27,29,31,35-36,38-42H2,1-2H3/b8-6-,14-12-,24-22-,30-28-,34-32-,37-33-/t43?,44-/m0/s1. The zero-order valence-corrected chi connectivity index (χ0v) is 33.4. The van der Waals surface area contributed by atoms with E-state index in [4.69, 9.17) is 9.47 Å². The van der Waals surface area contributed by atoms with Crippen molar-refractivity contribution in [1.29, 1.82) is 0 Å². The largest absolute Gasteiger partial charge is 0.463 e. The Hall–Kier alpha value is -2.70. The minimum Gasteiger partial charge on any atom is -0.463 e. The third-order valence-electron chi connectivity index (χ3n) is 8.80. The van der Waals surface area contributed by atoms with E-state index in [-0.39, 0.29) is 25.6 Å². The maximum Gasteiger partial charge on any atom is 0.306 e. The van der Waals surface area contributed by atoms with Crippen LogP contribution in [0.5, 0.6) is 0 Å². The summed E-state index contributed by atoms with van der Waals surface area (Å²) < 4.78 is 10.3. The van der Waals surface area contributed by atoms with Gasteiger partial charge < -0.3 is 19.7 Å². The molecule has 0 rings (SSSR count). The van der Waals surface area contributed by atoms with Gasteiger partial charge >= 0.3 is 11.9 Å². The summed E-state index contributed by atoms with van der Waals surface area (Å²) in [7, 11) is 0. The maximum atomic E-state index is 12.0. The number of ether oxygens (including phenoxy) is 2. The summed E-state index contributed by atoms with van der Waals surface area (Å²) in [5.41, 5.74) is 0. The molecule has 0 aromatic heterocycles. The molecule has 0 saturated heterocycles. The van der Waals surface area contributed by atoms with E-state index in [2.05, 4.69) is 50.3 Å². The van der Waals surface area contributed by atoms with Crippen molar-refractivity contribution in [1.82, 2.24) is 0 Å². The quantitative estimate of drug-likeness (QED) is 0.0286. The molecular formula is C46H78O6. The van der Waals surface area contributed by atoms with Crippen molar-refractivity contribution in [2.24, 2.45) is 0 Å². The second-order valence-corrected chi connectivity index (χ2v) is 13.9. The van der Waals surface area contributed by atoms with E-state index < -0.39 is 18.2 Å². The van der Waals surface area contributed by atoms with E-state index in [0.717, 1.165) is 44.9 Å². The van der Waals surface area contributed by atoms with Crippen LogP contribution < -0.4 is 0 Å². The van der Waals surface area contributed by atoms with Crippen molar-refractivity contribution in [2.45, 2.75) is 193 Å². The van der Waals surface area contributed by atoms with Gasteiger partial charge in [-0.15, -0.1) is 0 Å². The van der Waals surface area contributed by atoms with Crippen molar-refractivity contribution in [3.05, 3.63) is 72.9 Å². The molecule has 0 spiro atoms. The molecule has 0 aliphatic rings. The number of hydrogen-bond donors (Lipinski definition) is 2. The highest BCUT2D eigenvalue weighted by Crippen LogP contribution is 2.15. The Balaban J connectivity index is 3.63. The lowest BCUT2D eigenvalue weighted by atomic mass is 10.0. The van der Waals surface area contributed by atoms with Crippen LogP contribution in [0.4, 0.5) is 0 Å². The lowest BCUT2D eigenvalue weighted by Gasteiger charge is -2.12. The number of aliphatic hydroxyl groups is 2. The van der Waals surface area contributed by atoms with Gasteiger partial charge in [-0.25, -0.2) is 0 Å². The monoisotopic (exact) mass is 727 g/mol. The molecule has 0 aliphatic heterocycles. The third kappa shape index (κ3) is 40.1. The highest BCUT2D eigenvalue weighted by Gasteiger charge is 2.12. The second-order valence-electron chi connectivity index (χ2n) is 13.9. The summed E-state index contributed by atoms with van der Waals surface area (Å²) in [5, 5.41) is 20.1. The molecule has 2 N–H and O–H groups in total. The SMILES string of the molecule is CC/C=C\C/C=C\C/C=C\C/C=C\C=C/C(O)C/C=C\CCC(=O)OC[C@@H](O)COC(=O)CCCCCCCCCCCCCCCCCCCC. The Morgan fingerprint density at radius 2 is 0.942 bits per heavy atom. The Kier molecular flexibility index (Phi) is 38.9. The molecule has 0 fully saturated rings. The Bertz CT molecular complexity index is 975. The summed E-state index contributed by atoms with van der Waals surface area (Å²) >= 11 is 0.